The molecule has 0 radical (unpaired) electrons. The van der Waals surface area contributed by atoms with E-state index < -0.39 is 0 Å². The van der Waals surface area contributed by atoms with Gasteiger partial charge in [0.1, 0.15) is 13.2 Å². The van der Waals surface area contributed by atoms with Crippen LogP contribution in [-0.2, 0) is 13.0 Å². The lowest BCUT2D eigenvalue weighted by atomic mass is 10.1. The Hall–Kier alpha value is -2.54. The molecule has 2 aliphatic rings. The molecular weight excluding hydrogens is 284 g/mol. The van der Waals surface area contributed by atoms with Crippen LogP contribution in [0.3, 0.4) is 0 Å². The van der Waals surface area contributed by atoms with E-state index >= 15 is 0 Å². The quantitative estimate of drug-likeness (QED) is 0.772. The minimum absolute atomic E-state index is 0.224. The second kappa shape index (κ2) is 5.34. The lowest BCUT2D eigenvalue weighted by molar-refractivity contribution is 0.102. The number of benzene rings is 1. The van der Waals surface area contributed by atoms with Crippen molar-refractivity contribution in [1.82, 2.24) is 15.5 Å². The summed E-state index contributed by atoms with van der Waals surface area (Å²) in [6.07, 6.45) is 0.861. The monoisotopic (exact) mass is 300 g/mol. The molecule has 0 saturated heterocycles. The molecule has 4 rings (SSSR count). The van der Waals surface area contributed by atoms with Crippen LogP contribution >= 0.6 is 0 Å². The zero-order valence-corrected chi connectivity index (χ0v) is 11.9. The number of anilines is 1. The fourth-order valence-electron chi connectivity index (χ4n) is 2.72. The van der Waals surface area contributed by atoms with Crippen molar-refractivity contribution in [2.24, 2.45) is 0 Å². The van der Waals surface area contributed by atoms with Gasteiger partial charge in [-0.15, -0.1) is 0 Å². The van der Waals surface area contributed by atoms with Crippen molar-refractivity contribution < 1.29 is 14.3 Å². The molecule has 3 N–H and O–H groups in total. The second-order valence-corrected chi connectivity index (χ2v) is 5.27. The van der Waals surface area contributed by atoms with Crippen molar-refractivity contribution in [3.63, 3.8) is 0 Å². The SMILES string of the molecule is O=C(Nc1ccc2c(c1)OCCO2)c1n[nH]c2c1CNCC2. The first-order valence-electron chi connectivity index (χ1n) is 7.29. The summed E-state index contributed by atoms with van der Waals surface area (Å²) in [7, 11) is 0. The number of rotatable bonds is 2. The summed E-state index contributed by atoms with van der Waals surface area (Å²) in [5, 5.41) is 13.2. The highest BCUT2D eigenvalue weighted by Crippen LogP contribution is 2.32. The average Bonchev–Trinajstić information content (AvgIpc) is 2.99. The van der Waals surface area contributed by atoms with Crippen molar-refractivity contribution in [2.45, 2.75) is 13.0 Å². The van der Waals surface area contributed by atoms with Gasteiger partial charge in [-0.1, -0.05) is 0 Å². The third kappa shape index (κ3) is 2.29. The Balaban J connectivity index is 1.56. The Labute approximate surface area is 127 Å². The number of carbonyl (C=O) groups excluding carboxylic acids is 1. The Morgan fingerprint density at radius 1 is 1.23 bits per heavy atom. The van der Waals surface area contributed by atoms with E-state index in [0.717, 1.165) is 24.2 Å². The topological polar surface area (TPSA) is 88.3 Å². The largest absolute Gasteiger partial charge is 0.486 e. The van der Waals surface area contributed by atoms with Gasteiger partial charge in [0, 0.05) is 42.5 Å². The molecule has 0 bridgehead atoms. The van der Waals surface area contributed by atoms with Crippen LogP contribution in [-0.4, -0.2) is 35.9 Å². The van der Waals surface area contributed by atoms with Crippen LogP contribution in [0.25, 0.3) is 0 Å². The third-order valence-corrected chi connectivity index (χ3v) is 3.82. The highest BCUT2D eigenvalue weighted by atomic mass is 16.6. The first-order valence-corrected chi connectivity index (χ1v) is 7.29. The maximum absolute atomic E-state index is 12.4. The van der Waals surface area contributed by atoms with E-state index in [-0.39, 0.29) is 5.91 Å². The predicted octanol–water partition coefficient (Wildman–Crippen LogP) is 1.08. The molecule has 1 amide bonds. The minimum atomic E-state index is -0.224. The van der Waals surface area contributed by atoms with Gasteiger partial charge in [-0.25, -0.2) is 0 Å². The first kappa shape index (κ1) is 13.1. The number of hydrogen-bond acceptors (Lipinski definition) is 5. The molecule has 0 unspecified atom stereocenters. The molecule has 114 valence electrons. The first-order chi connectivity index (χ1) is 10.8. The molecular formula is C15H16N4O3. The van der Waals surface area contributed by atoms with Gasteiger partial charge in [-0.3, -0.25) is 9.89 Å². The van der Waals surface area contributed by atoms with Crippen LogP contribution in [0.15, 0.2) is 18.2 Å². The standard InChI is InChI=1S/C15H16N4O3/c20-15(14-10-8-16-4-3-11(10)18-19-14)17-9-1-2-12-13(7-9)22-6-5-21-12/h1-2,7,16H,3-6,8H2,(H,17,20)(H,18,19). The molecule has 0 saturated carbocycles. The van der Waals surface area contributed by atoms with Gasteiger partial charge in [0.2, 0.25) is 0 Å². The number of aromatic amines is 1. The fourth-order valence-corrected chi connectivity index (χ4v) is 2.72. The molecule has 0 atom stereocenters. The molecule has 2 aromatic rings. The molecule has 1 aromatic heterocycles. The van der Waals surface area contributed by atoms with Gasteiger partial charge >= 0.3 is 0 Å². The number of fused-ring (bicyclic) bond motifs is 2. The predicted molar refractivity (Wildman–Crippen MR) is 79.4 cm³/mol. The van der Waals surface area contributed by atoms with Crippen LogP contribution in [0.5, 0.6) is 11.5 Å². The zero-order chi connectivity index (χ0) is 14.9. The van der Waals surface area contributed by atoms with E-state index in [9.17, 15) is 4.79 Å². The lowest BCUT2D eigenvalue weighted by Crippen LogP contribution is -2.25. The van der Waals surface area contributed by atoms with E-state index in [1.807, 2.05) is 0 Å². The molecule has 3 heterocycles. The van der Waals surface area contributed by atoms with Crippen LogP contribution in [0, 0.1) is 0 Å². The summed E-state index contributed by atoms with van der Waals surface area (Å²) in [6.45, 7) is 2.63. The molecule has 7 nitrogen and oxygen atoms in total. The van der Waals surface area contributed by atoms with Gasteiger partial charge in [0.05, 0.1) is 0 Å². The van der Waals surface area contributed by atoms with Crippen LogP contribution in [0.4, 0.5) is 5.69 Å². The fraction of sp³-hybridized carbons (Fsp3) is 0.333. The van der Waals surface area contributed by atoms with Crippen molar-refractivity contribution in [3.8, 4) is 11.5 Å². The summed E-state index contributed by atoms with van der Waals surface area (Å²) in [5.41, 5.74) is 3.08. The Morgan fingerprint density at radius 2 is 2.09 bits per heavy atom. The molecule has 1 aromatic carbocycles. The molecule has 0 aliphatic carbocycles. The minimum Gasteiger partial charge on any atom is -0.486 e. The Kier molecular flexibility index (Phi) is 3.19. The zero-order valence-electron chi connectivity index (χ0n) is 11.9. The van der Waals surface area contributed by atoms with E-state index in [4.69, 9.17) is 9.47 Å². The summed E-state index contributed by atoms with van der Waals surface area (Å²) in [4.78, 5) is 12.4. The second-order valence-electron chi connectivity index (χ2n) is 5.27. The molecule has 22 heavy (non-hydrogen) atoms. The number of hydrogen-bond donors (Lipinski definition) is 3. The average molecular weight is 300 g/mol. The van der Waals surface area contributed by atoms with E-state index in [0.29, 0.717) is 42.6 Å². The normalized spacial score (nSPS) is 16.0. The number of ether oxygens (including phenoxy) is 2. The van der Waals surface area contributed by atoms with Gasteiger partial charge < -0.3 is 20.1 Å². The van der Waals surface area contributed by atoms with Crippen molar-refractivity contribution in [2.75, 3.05) is 25.1 Å². The summed E-state index contributed by atoms with van der Waals surface area (Å²) >= 11 is 0. The number of nitrogens with zero attached hydrogens (tertiary/aromatic N) is 1. The van der Waals surface area contributed by atoms with E-state index in [1.54, 1.807) is 18.2 Å². The smallest absolute Gasteiger partial charge is 0.276 e. The Morgan fingerprint density at radius 3 is 3.00 bits per heavy atom. The van der Waals surface area contributed by atoms with Crippen LogP contribution in [0.2, 0.25) is 0 Å². The van der Waals surface area contributed by atoms with Crippen LogP contribution < -0.4 is 20.1 Å². The number of aromatic nitrogens is 2. The van der Waals surface area contributed by atoms with E-state index in [1.165, 1.54) is 0 Å². The molecule has 7 heteroatoms. The number of nitrogens with one attached hydrogen (secondary N) is 3. The van der Waals surface area contributed by atoms with Gasteiger partial charge in [-0.05, 0) is 12.1 Å². The van der Waals surface area contributed by atoms with E-state index in [2.05, 4.69) is 20.8 Å². The summed E-state index contributed by atoms with van der Waals surface area (Å²) in [6, 6.07) is 5.36. The maximum atomic E-state index is 12.4. The maximum Gasteiger partial charge on any atom is 0.276 e. The van der Waals surface area contributed by atoms with Crippen molar-refractivity contribution >= 4 is 11.6 Å². The molecule has 2 aliphatic heterocycles. The third-order valence-electron chi connectivity index (χ3n) is 3.82. The molecule has 0 spiro atoms. The number of H-pyrrole nitrogens is 1. The number of amides is 1. The highest BCUT2D eigenvalue weighted by molar-refractivity contribution is 6.04. The van der Waals surface area contributed by atoms with Crippen molar-refractivity contribution in [3.05, 3.63) is 35.2 Å². The van der Waals surface area contributed by atoms with Gasteiger partial charge in [0.25, 0.3) is 5.91 Å². The molecule has 0 fully saturated rings. The lowest BCUT2D eigenvalue weighted by Gasteiger charge is -2.19. The van der Waals surface area contributed by atoms with Crippen molar-refractivity contribution in [1.29, 1.82) is 0 Å². The number of carbonyl (C=O) groups is 1. The van der Waals surface area contributed by atoms with Gasteiger partial charge in [0.15, 0.2) is 17.2 Å². The summed E-state index contributed by atoms with van der Waals surface area (Å²) in [5.74, 6) is 1.12. The summed E-state index contributed by atoms with van der Waals surface area (Å²) < 4.78 is 11.0. The van der Waals surface area contributed by atoms with Gasteiger partial charge in [-0.2, -0.15) is 5.10 Å². The van der Waals surface area contributed by atoms with Crippen LogP contribution in [0.1, 0.15) is 21.7 Å². The highest BCUT2D eigenvalue weighted by Gasteiger charge is 2.22. The Bertz CT molecular complexity index is 726.